The lowest BCUT2D eigenvalue weighted by atomic mass is 10.1. The van der Waals surface area contributed by atoms with E-state index in [2.05, 4.69) is 0 Å². The van der Waals surface area contributed by atoms with Gasteiger partial charge in [0.25, 0.3) is 5.91 Å². The number of carbonyl (C=O) groups excluding carboxylic acids is 1. The van der Waals surface area contributed by atoms with Crippen molar-refractivity contribution in [3.05, 3.63) is 54.1 Å². The van der Waals surface area contributed by atoms with Crippen molar-refractivity contribution in [2.45, 2.75) is 18.9 Å². The first-order valence-electron chi connectivity index (χ1n) is 7.36. The van der Waals surface area contributed by atoms with Gasteiger partial charge in [-0.05, 0) is 42.7 Å². The number of carbonyl (C=O) groups is 1. The van der Waals surface area contributed by atoms with E-state index in [4.69, 9.17) is 19.9 Å². The highest BCUT2D eigenvalue weighted by Gasteiger charge is 2.17. The Hall–Kier alpha value is -2.69. The molecule has 0 saturated carbocycles. The largest absolute Gasteiger partial charge is 0.493 e. The van der Waals surface area contributed by atoms with Crippen LogP contribution in [0, 0.1) is 0 Å². The van der Waals surface area contributed by atoms with E-state index in [1.54, 1.807) is 26.4 Å². The molecule has 1 unspecified atom stereocenters. The van der Waals surface area contributed by atoms with Crippen molar-refractivity contribution in [2.75, 3.05) is 14.2 Å². The zero-order valence-corrected chi connectivity index (χ0v) is 13.3. The van der Waals surface area contributed by atoms with Gasteiger partial charge in [0, 0.05) is 0 Å². The average Bonchev–Trinajstić information content (AvgIpc) is 2.58. The van der Waals surface area contributed by atoms with E-state index in [9.17, 15) is 4.79 Å². The number of rotatable bonds is 8. The van der Waals surface area contributed by atoms with Crippen LogP contribution in [-0.4, -0.2) is 26.2 Å². The molecular formula is C18H21NO4. The van der Waals surface area contributed by atoms with Crippen LogP contribution < -0.4 is 19.9 Å². The number of hydrogen-bond donors (Lipinski definition) is 1. The molecular weight excluding hydrogens is 294 g/mol. The maximum atomic E-state index is 11.6. The fourth-order valence-electron chi connectivity index (χ4n) is 2.26. The third kappa shape index (κ3) is 4.64. The van der Waals surface area contributed by atoms with E-state index >= 15 is 0 Å². The summed E-state index contributed by atoms with van der Waals surface area (Å²) < 4.78 is 16.2. The van der Waals surface area contributed by atoms with Crippen LogP contribution >= 0.6 is 0 Å². The molecule has 2 aromatic rings. The summed E-state index contributed by atoms with van der Waals surface area (Å²) in [4.78, 5) is 11.6. The second kappa shape index (κ2) is 8.08. The molecule has 0 radical (unpaired) electrons. The summed E-state index contributed by atoms with van der Waals surface area (Å²) in [5, 5.41) is 0. The molecule has 0 bridgehead atoms. The number of nitrogens with two attached hydrogens (primary N) is 1. The average molecular weight is 315 g/mol. The van der Waals surface area contributed by atoms with Crippen LogP contribution in [0.2, 0.25) is 0 Å². The summed E-state index contributed by atoms with van der Waals surface area (Å²) in [6, 6.07) is 14.8. The topological polar surface area (TPSA) is 70.8 Å². The summed E-state index contributed by atoms with van der Waals surface area (Å²) in [6.07, 6.45) is 0.450. The molecule has 2 aromatic carbocycles. The van der Waals surface area contributed by atoms with Crippen molar-refractivity contribution >= 4 is 5.91 Å². The molecule has 0 saturated heterocycles. The smallest absolute Gasteiger partial charge is 0.258 e. The Balaban J connectivity index is 2.03. The van der Waals surface area contributed by atoms with Crippen LogP contribution in [0.1, 0.15) is 12.0 Å². The Morgan fingerprint density at radius 1 is 1.04 bits per heavy atom. The van der Waals surface area contributed by atoms with Crippen LogP contribution in [0.5, 0.6) is 17.2 Å². The van der Waals surface area contributed by atoms with Crippen LogP contribution in [-0.2, 0) is 11.2 Å². The lowest BCUT2D eigenvalue weighted by Crippen LogP contribution is -2.34. The van der Waals surface area contributed by atoms with E-state index in [0.717, 1.165) is 5.56 Å². The van der Waals surface area contributed by atoms with Gasteiger partial charge in [-0.15, -0.1) is 0 Å². The highest BCUT2D eigenvalue weighted by molar-refractivity contribution is 5.79. The third-order valence-corrected chi connectivity index (χ3v) is 3.48. The zero-order valence-electron chi connectivity index (χ0n) is 13.3. The highest BCUT2D eigenvalue weighted by Crippen LogP contribution is 2.28. The number of benzene rings is 2. The van der Waals surface area contributed by atoms with Gasteiger partial charge in [-0.2, -0.15) is 0 Å². The summed E-state index contributed by atoms with van der Waals surface area (Å²) in [7, 11) is 3.18. The Morgan fingerprint density at radius 3 is 2.35 bits per heavy atom. The van der Waals surface area contributed by atoms with Gasteiger partial charge in [0.05, 0.1) is 14.2 Å². The van der Waals surface area contributed by atoms with Gasteiger partial charge >= 0.3 is 0 Å². The standard InChI is InChI=1S/C18H21NO4/c1-21-15-10-8-13(12-17(15)22-2)9-11-16(18(19)20)23-14-6-4-3-5-7-14/h3-8,10,12,16H,9,11H2,1-2H3,(H2,19,20). The van der Waals surface area contributed by atoms with Gasteiger partial charge in [-0.1, -0.05) is 24.3 Å². The number of ether oxygens (including phenoxy) is 3. The number of para-hydroxylation sites is 1. The Bertz CT molecular complexity index is 643. The van der Waals surface area contributed by atoms with Crippen LogP contribution in [0.4, 0.5) is 0 Å². The molecule has 0 heterocycles. The van der Waals surface area contributed by atoms with Gasteiger partial charge in [0.1, 0.15) is 5.75 Å². The maximum Gasteiger partial charge on any atom is 0.258 e. The predicted octanol–water partition coefficient (Wildman–Crippen LogP) is 2.57. The minimum absolute atomic E-state index is 0.477. The molecule has 0 aliphatic rings. The van der Waals surface area contributed by atoms with Gasteiger partial charge in [0.15, 0.2) is 17.6 Å². The predicted molar refractivity (Wildman–Crippen MR) is 87.9 cm³/mol. The first kappa shape index (κ1) is 16.7. The first-order valence-corrected chi connectivity index (χ1v) is 7.36. The quantitative estimate of drug-likeness (QED) is 0.813. The van der Waals surface area contributed by atoms with Gasteiger partial charge in [-0.3, -0.25) is 4.79 Å². The van der Waals surface area contributed by atoms with Crippen LogP contribution in [0.25, 0.3) is 0 Å². The molecule has 122 valence electrons. The molecule has 1 atom stereocenters. The zero-order chi connectivity index (χ0) is 16.7. The fourth-order valence-corrected chi connectivity index (χ4v) is 2.26. The normalized spacial score (nSPS) is 11.6. The number of methoxy groups -OCH3 is 2. The Labute approximate surface area is 136 Å². The van der Waals surface area contributed by atoms with Gasteiger partial charge in [0.2, 0.25) is 0 Å². The molecule has 0 aliphatic heterocycles. The molecule has 5 heteroatoms. The second-order valence-electron chi connectivity index (χ2n) is 5.05. The molecule has 5 nitrogen and oxygen atoms in total. The summed E-state index contributed by atoms with van der Waals surface area (Å²) in [6.45, 7) is 0. The molecule has 2 rings (SSSR count). The first-order chi connectivity index (χ1) is 11.1. The summed E-state index contributed by atoms with van der Waals surface area (Å²) in [5.74, 6) is 1.48. The van der Waals surface area contributed by atoms with E-state index in [1.165, 1.54) is 0 Å². The van der Waals surface area contributed by atoms with E-state index in [1.807, 2.05) is 36.4 Å². The minimum Gasteiger partial charge on any atom is -0.493 e. The molecule has 2 N–H and O–H groups in total. The van der Waals surface area contributed by atoms with Crippen molar-refractivity contribution < 1.29 is 19.0 Å². The Morgan fingerprint density at radius 2 is 1.74 bits per heavy atom. The third-order valence-electron chi connectivity index (χ3n) is 3.48. The molecule has 0 fully saturated rings. The van der Waals surface area contributed by atoms with Crippen molar-refractivity contribution in [3.63, 3.8) is 0 Å². The van der Waals surface area contributed by atoms with E-state index in [0.29, 0.717) is 30.1 Å². The summed E-state index contributed by atoms with van der Waals surface area (Å²) in [5.41, 5.74) is 6.46. The van der Waals surface area contributed by atoms with Crippen molar-refractivity contribution in [1.29, 1.82) is 0 Å². The molecule has 0 aliphatic carbocycles. The minimum atomic E-state index is -0.675. The SMILES string of the molecule is COc1ccc(CCC(Oc2ccccc2)C(N)=O)cc1OC. The number of amides is 1. The van der Waals surface area contributed by atoms with Gasteiger partial charge in [-0.25, -0.2) is 0 Å². The van der Waals surface area contributed by atoms with Crippen LogP contribution in [0.3, 0.4) is 0 Å². The fraction of sp³-hybridized carbons (Fsp3) is 0.278. The highest BCUT2D eigenvalue weighted by atomic mass is 16.5. The van der Waals surface area contributed by atoms with Crippen molar-refractivity contribution in [1.82, 2.24) is 0 Å². The lowest BCUT2D eigenvalue weighted by Gasteiger charge is -2.16. The monoisotopic (exact) mass is 315 g/mol. The van der Waals surface area contributed by atoms with E-state index in [-0.39, 0.29) is 0 Å². The van der Waals surface area contributed by atoms with Crippen molar-refractivity contribution in [2.24, 2.45) is 5.73 Å². The number of hydrogen-bond acceptors (Lipinski definition) is 4. The molecule has 0 aromatic heterocycles. The molecule has 0 spiro atoms. The molecule has 1 amide bonds. The van der Waals surface area contributed by atoms with Gasteiger partial charge < -0.3 is 19.9 Å². The second-order valence-corrected chi connectivity index (χ2v) is 5.05. The maximum absolute atomic E-state index is 11.6. The van der Waals surface area contributed by atoms with E-state index < -0.39 is 12.0 Å². The van der Waals surface area contributed by atoms with Crippen LogP contribution in [0.15, 0.2) is 48.5 Å². The Kier molecular flexibility index (Phi) is 5.86. The number of primary amides is 1. The summed E-state index contributed by atoms with van der Waals surface area (Å²) >= 11 is 0. The lowest BCUT2D eigenvalue weighted by molar-refractivity contribution is -0.124. The molecule has 23 heavy (non-hydrogen) atoms. The number of aryl methyl sites for hydroxylation is 1. The van der Waals surface area contributed by atoms with Crippen molar-refractivity contribution in [3.8, 4) is 17.2 Å².